The Morgan fingerprint density at radius 3 is 2.26 bits per heavy atom. The highest BCUT2D eigenvalue weighted by Crippen LogP contribution is 2.29. The minimum absolute atomic E-state index is 0.0550. The molecular formula is C13H25N3O3. The Hall–Kier alpha value is -1.30. The number of nitrogens with one attached hydrogen (secondary N) is 1. The first-order valence-corrected chi connectivity index (χ1v) is 6.66. The number of carbonyl (C=O) groups is 2. The van der Waals surface area contributed by atoms with Crippen LogP contribution in [0.4, 0.5) is 4.79 Å². The van der Waals surface area contributed by atoms with Crippen molar-refractivity contribution in [2.24, 2.45) is 11.5 Å². The molecule has 2 amide bonds. The second-order valence-corrected chi connectivity index (χ2v) is 6.43. The minimum Gasteiger partial charge on any atom is -0.444 e. The molecule has 0 aliphatic heterocycles. The van der Waals surface area contributed by atoms with Gasteiger partial charge in [0.25, 0.3) is 0 Å². The minimum atomic E-state index is -0.516. The van der Waals surface area contributed by atoms with Gasteiger partial charge in [-0.25, -0.2) is 4.79 Å². The zero-order valence-corrected chi connectivity index (χ0v) is 12.0. The number of carbonyl (C=O) groups excluding carboxylic acids is 2. The highest BCUT2D eigenvalue weighted by atomic mass is 16.6. The number of ether oxygens (including phenoxy) is 1. The van der Waals surface area contributed by atoms with E-state index in [1.165, 1.54) is 0 Å². The highest BCUT2D eigenvalue weighted by molar-refractivity contribution is 5.75. The normalized spacial score (nSPS) is 27.7. The van der Waals surface area contributed by atoms with E-state index in [4.69, 9.17) is 16.2 Å². The van der Waals surface area contributed by atoms with Crippen LogP contribution in [0.15, 0.2) is 0 Å². The molecule has 0 atom stereocenters. The maximum Gasteiger partial charge on any atom is 0.407 e. The predicted octanol–water partition coefficient (Wildman–Crippen LogP) is 1.03. The maximum absolute atomic E-state index is 11.6. The van der Waals surface area contributed by atoms with E-state index in [0.717, 1.165) is 12.8 Å². The molecule has 0 spiro atoms. The van der Waals surface area contributed by atoms with Gasteiger partial charge in [-0.1, -0.05) is 0 Å². The van der Waals surface area contributed by atoms with Crippen LogP contribution in [-0.4, -0.2) is 29.2 Å². The lowest BCUT2D eigenvalue weighted by atomic mass is 9.78. The smallest absolute Gasteiger partial charge is 0.407 e. The number of rotatable bonds is 3. The van der Waals surface area contributed by atoms with Crippen molar-refractivity contribution < 1.29 is 14.3 Å². The van der Waals surface area contributed by atoms with Crippen molar-refractivity contribution in [3.8, 4) is 0 Å². The molecule has 0 aromatic carbocycles. The molecule has 110 valence electrons. The molecule has 6 nitrogen and oxygen atoms in total. The standard InChI is InChI=1S/C13H25N3O3/c1-12(2,3)19-11(18)16-9-4-6-13(15,7-5-9)8-10(14)17/h9H,4-8,15H2,1-3H3,(H2,14,17)(H,16,18). The van der Waals surface area contributed by atoms with Crippen LogP contribution in [0.25, 0.3) is 0 Å². The molecule has 1 fully saturated rings. The van der Waals surface area contributed by atoms with Gasteiger partial charge in [0, 0.05) is 18.0 Å². The van der Waals surface area contributed by atoms with Gasteiger partial charge in [0.05, 0.1) is 0 Å². The monoisotopic (exact) mass is 271 g/mol. The Morgan fingerprint density at radius 2 is 1.84 bits per heavy atom. The third-order valence-electron chi connectivity index (χ3n) is 3.23. The molecule has 0 aromatic rings. The van der Waals surface area contributed by atoms with E-state index in [1.807, 2.05) is 20.8 Å². The molecule has 0 heterocycles. The summed E-state index contributed by atoms with van der Waals surface area (Å²) in [6.45, 7) is 5.47. The summed E-state index contributed by atoms with van der Waals surface area (Å²) in [5, 5.41) is 2.83. The fourth-order valence-corrected chi connectivity index (χ4v) is 2.34. The SMILES string of the molecule is CC(C)(C)OC(=O)NC1CCC(N)(CC(N)=O)CC1. The van der Waals surface area contributed by atoms with Gasteiger partial charge < -0.3 is 21.5 Å². The molecule has 0 aromatic heterocycles. The van der Waals surface area contributed by atoms with E-state index in [9.17, 15) is 9.59 Å². The van der Waals surface area contributed by atoms with Crippen molar-refractivity contribution in [2.75, 3.05) is 0 Å². The van der Waals surface area contributed by atoms with Crippen LogP contribution in [0.3, 0.4) is 0 Å². The van der Waals surface area contributed by atoms with Crippen molar-refractivity contribution in [3.63, 3.8) is 0 Å². The molecule has 1 rings (SSSR count). The molecule has 0 bridgehead atoms. The van der Waals surface area contributed by atoms with E-state index in [-0.39, 0.29) is 18.4 Å². The molecule has 0 unspecified atom stereocenters. The topological polar surface area (TPSA) is 107 Å². The summed E-state index contributed by atoms with van der Waals surface area (Å²) >= 11 is 0. The summed E-state index contributed by atoms with van der Waals surface area (Å²) in [6, 6.07) is 0.0550. The van der Waals surface area contributed by atoms with Crippen LogP contribution in [0, 0.1) is 0 Å². The Bertz CT molecular complexity index is 342. The van der Waals surface area contributed by atoms with E-state index in [2.05, 4.69) is 5.32 Å². The van der Waals surface area contributed by atoms with Crippen LogP contribution in [-0.2, 0) is 9.53 Å². The summed E-state index contributed by atoms with van der Waals surface area (Å²) in [5.74, 6) is -0.374. The number of hydrogen-bond donors (Lipinski definition) is 3. The quantitative estimate of drug-likeness (QED) is 0.712. The van der Waals surface area contributed by atoms with Crippen LogP contribution in [0.5, 0.6) is 0 Å². The number of primary amides is 1. The summed E-state index contributed by atoms with van der Waals surface area (Å²) in [6.07, 6.45) is 2.63. The van der Waals surface area contributed by atoms with Crippen LogP contribution in [0.1, 0.15) is 52.9 Å². The third kappa shape index (κ3) is 5.92. The molecule has 1 saturated carbocycles. The fourth-order valence-electron chi connectivity index (χ4n) is 2.34. The first-order chi connectivity index (χ1) is 8.60. The van der Waals surface area contributed by atoms with Gasteiger partial charge in [0.2, 0.25) is 5.91 Å². The third-order valence-corrected chi connectivity index (χ3v) is 3.23. The van der Waals surface area contributed by atoms with Gasteiger partial charge in [-0.3, -0.25) is 4.79 Å². The average Bonchev–Trinajstić information content (AvgIpc) is 2.17. The van der Waals surface area contributed by atoms with Gasteiger partial charge in [0.15, 0.2) is 0 Å². The van der Waals surface area contributed by atoms with E-state index < -0.39 is 17.2 Å². The molecule has 0 saturated heterocycles. The first-order valence-electron chi connectivity index (χ1n) is 6.66. The van der Waals surface area contributed by atoms with Crippen LogP contribution < -0.4 is 16.8 Å². The molecule has 1 aliphatic carbocycles. The van der Waals surface area contributed by atoms with E-state index >= 15 is 0 Å². The molecular weight excluding hydrogens is 246 g/mol. The van der Waals surface area contributed by atoms with E-state index in [1.54, 1.807) is 0 Å². The second kappa shape index (κ2) is 5.77. The molecule has 1 aliphatic rings. The zero-order chi connectivity index (χ0) is 14.7. The number of nitrogens with two attached hydrogens (primary N) is 2. The lowest BCUT2D eigenvalue weighted by molar-refractivity contribution is -0.119. The van der Waals surface area contributed by atoms with Gasteiger partial charge >= 0.3 is 6.09 Å². The van der Waals surface area contributed by atoms with Crippen molar-refractivity contribution in [1.82, 2.24) is 5.32 Å². The van der Waals surface area contributed by atoms with Crippen LogP contribution >= 0.6 is 0 Å². The van der Waals surface area contributed by atoms with Crippen LogP contribution in [0.2, 0.25) is 0 Å². The highest BCUT2D eigenvalue weighted by Gasteiger charge is 2.34. The van der Waals surface area contributed by atoms with E-state index in [0.29, 0.717) is 12.8 Å². The molecule has 0 radical (unpaired) electrons. The molecule has 5 N–H and O–H groups in total. The number of hydrogen-bond acceptors (Lipinski definition) is 4. The molecule has 19 heavy (non-hydrogen) atoms. The predicted molar refractivity (Wildman–Crippen MR) is 72.4 cm³/mol. The Labute approximate surface area is 114 Å². The zero-order valence-electron chi connectivity index (χ0n) is 12.0. The van der Waals surface area contributed by atoms with Crippen molar-refractivity contribution in [2.45, 2.75) is 70.1 Å². The van der Waals surface area contributed by atoms with Crippen molar-refractivity contribution >= 4 is 12.0 Å². The number of alkyl carbamates (subject to hydrolysis) is 1. The lowest BCUT2D eigenvalue weighted by Crippen LogP contribution is -2.50. The molecule has 6 heteroatoms. The average molecular weight is 271 g/mol. The Balaban J connectivity index is 2.38. The largest absolute Gasteiger partial charge is 0.444 e. The summed E-state index contributed by atoms with van der Waals surface area (Å²) in [7, 11) is 0. The Kier molecular flexibility index (Phi) is 4.79. The summed E-state index contributed by atoms with van der Waals surface area (Å²) in [5.41, 5.74) is 10.3. The van der Waals surface area contributed by atoms with Gasteiger partial charge in [0.1, 0.15) is 5.60 Å². The van der Waals surface area contributed by atoms with Gasteiger partial charge in [-0.2, -0.15) is 0 Å². The summed E-state index contributed by atoms with van der Waals surface area (Å²) in [4.78, 5) is 22.6. The fraction of sp³-hybridized carbons (Fsp3) is 0.846. The van der Waals surface area contributed by atoms with Crippen molar-refractivity contribution in [3.05, 3.63) is 0 Å². The van der Waals surface area contributed by atoms with Gasteiger partial charge in [-0.05, 0) is 46.5 Å². The van der Waals surface area contributed by atoms with Crippen molar-refractivity contribution in [1.29, 1.82) is 0 Å². The van der Waals surface area contributed by atoms with Gasteiger partial charge in [-0.15, -0.1) is 0 Å². The lowest BCUT2D eigenvalue weighted by Gasteiger charge is -2.36. The first kappa shape index (κ1) is 15.8. The Morgan fingerprint density at radius 1 is 1.32 bits per heavy atom. The maximum atomic E-state index is 11.6. The summed E-state index contributed by atoms with van der Waals surface area (Å²) < 4.78 is 5.20. The second-order valence-electron chi connectivity index (χ2n) is 6.43. The number of amides is 2.